The topological polar surface area (TPSA) is 38.8 Å². The van der Waals surface area contributed by atoms with Crippen molar-refractivity contribution in [2.75, 3.05) is 20.8 Å². The summed E-state index contributed by atoms with van der Waals surface area (Å²) in [6, 6.07) is 14.2. The SMILES string of the molecule is COc1cc2c(cc1OC)C(=O)C(/C=C1/C=CN(Cc3ccccc3)CC1)C2. The maximum Gasteiger partial charge on any atom is 0.170 e. The van der Waals surface area contributed by atoms with Gasteiger partial charge in [-0.25, -0.2) is 0 Å². The first-order valence-electron chi connectivity index (χ1n) is 9.64. The average molecular weight is 375 g/mol. The molecule has 28 heavy (non-hydrogen) atoms. The van der Waals surface area contributed by atoms with E-state index in [1.165, 1.54) is 11.1 Å². The van der Waals surface area contributed by atoms with E-state index in [-0.39, 0.29) is 11.7 Å². The van der Waals surface area contributed by atoms with Crippen molar-refractivity contribution < 1.29 is 14.3 Å². The fourth-order valence-electron chi connectivity index (χ4n) is 3.96. The summed E-state index contributed by atoms with van der Waals surface area (Å²) < 4.78 is 10.7. The highest BCUT2D eigenvalue weighted by Gasteiger charge is 2.31. The number of Topliss-reactive ketones (excluding diaryl/α,β-unsaturated/α-hetero) is 1. The highest BCUT2D eigenvalue weighted by atomic mass is 16.5. The molecule has 0 amide bonds. The number of benzene rings is 2. The lowest BCUT2D eigenvalue weighted by atomic mass is 9.98. The van der Waals surface area contributed by atoms with Crippen molar-refractivity contribution in [3.63, 3.8) is 0 Å². The number of carbonyl (C=O) groups is 1. The van der Waals surface area contributed by atoms with Crippen LogP contribution in [-0.2, 0) is 13.0 Å². The number of allylic oxidation sites excluding steroid dienone is 2. The van der Waals surface area contributed by atoms with Crippen LogP contribution in [0.2, 0.25) is 0 Å². The zero-order valence-electron chi connectivity index (χ0n) is 16.4. The molecule has 0 spiro atoms. The van der Waals surface area contributed by atoms with E-state index in [2.05, 4.69) is 47.5 Å². The smallest absolute Gasteiger partial charge is 0.170 e. The minimum Gasteiger partial charge on any atom is -0.493 e. The van der Waals surface area contributed by atoms with Gasteiger partial charge in [-0.3, -0.25) is 4.79 Å². The summed E-state index contributed by atoms with van der Waals surface area (Å²) in [7, 11) is 3.21. The molecule has 1 heterocycles. The maximum absolute atomic E-state index is 12.9. The van der Waals surface area contributed by atoms with Crippen molar-refractivity contribution in [1.82, 2.24) is 4.90 Å². The van der Waals surface area contributed by atoms with Crippen LogP contribution in [-0.4, -0.2) is 31.4 Å². The van der Waals surface area contributed by atoms with Gasteiger partial charge in [0.05, 0.1) is 14.2 Å². The molecular weight excluding hydrogens is 350 g/mol. The average Bonchev–Trinajstić information content (AvgIpc) is 3.03. The van der Waals surface area contributed by atoms with Gasteiger partial charge >= 0.3 is 0 Å². The van der Waals surface area contributed by atoms with Gasteiger partial charge < -0.3 is 14.4 Å². The molecule has 1 aliphatic heterocycles. The molecule has 2 aromatic carbocycles. The number of ether oxygens (including phenoxy) is 2. The Morgan fingerprint density at radius 3 is 2.54 bits per heavy atom. The van der Waals surface area contributed by atoms with Crippen LogP contribution >= 0.6 is 0 Å². The Labute approximate surface area is 166 Å². The summed E-state index contributed by atoms with van der Waals surface area (Å²) in [6.07, 6.45) is 8.10. The molecule has 4 rings (SSSR count). The van der Waals surface area contributed by atoms with E-state index in [1.807, 2.05) is 18.2 Å². The van der Waals surface area contributed by atoms with E-state index in [9.17, 15) is 4.79 Å². The highest BCUT2D eigenvalue weighted by molar-refractivity contribution is 6.04. The molecule has 2 aromatic rings. The number of hydrogen-bond donors (Lipinski definition) is 0. The van der Waals surface area contributed by atoms with Crippen molar-refractivity contribution in [3.05, 3.63) is 83.1 Å². The van der Waals surface area contributed by atoms with Crippen LogP contribution in [0.4, 0.5) is 0 Å². The summed E-state index contributed by atoms with van der Waals surface area (Å²) in [5, 5.41) is 0. The summed E-state index contributed by atoms with van der Waals surface area (Å²) >= 11 is 0. The van der Waals surface area contributed by atoms with Gasteiger partial charge in [0, 0.05) is 24.6 Å². The minimum atomic E-state index is -0.105. The largest absolute Gasteiger partial charge is 0.493 e. The number of fused-ring (bicyclic) bond motifs is 1. The molecule has 0 radical (unpaired) electrons. The second kappa shape index (κ2) is 7.93. The molecule has 0 saturated carbocycles. The molecule has 2 aliphatic rings. The molecule has 1 unspecified atom stereocenters. The zero-order chi connectivity index (χ0) is 19.5. The van der Waals surface area contributed by atoms with Gasteiger partial charge in [0.2, 0.25) is 0 Å². The van der Waals surface area contributed by atoms with Crippen LogP contribution in [0.3, 0.4) is 0 Å². The Hall–Kier alpha value is -3.01. The maximum atomic E-state index is 12.9. The van der Waals surface area contributed by atoms with Crippen molar-refractivity contribution in [2.45, 2.75) is 19.4 Å². The predicted octanol–water partition coefficient (Wildman–Crippen LogP) is 4.40. The van der Waals surface area contributed by atoms with E-state index in [4.69, 9.17) is 9.47 Å². The van der Waals surface area contributed by atoms with E-state index in [0.717, 1.165) is 37.1 Å². The first-order valence-corrected chi connectivity index (χ1v) is 9.64. The van der Waals surface area contributed by atoms with Crippen molar-refractivity contribution in [1.29, 1.82) is 0 Å². The van der Waals surface area contributed by atoms with Crippen LogP contribution < -0.4 is 9.47 Å². The number of hydrogen-bond acceptors (Lipinski definition) is 4. The van der Waals surface area contributed by atoms with Gasteiger partial charge in [0.25, 0.3) is 0 Å². The molecule has 0 bridgehead atoms. The standard InChI is InChI=1S/C24H25NO3/c1-27-22-14-19-13-20(24(26)21(19)15-23(22)28-2)12-17-8-10-25(11-9-17)16-18-6-4-3-5-7-18/h3-8,10,12,14-15,20H,9,11,13,16H2,1-2H3/b17-12-. The Kier molecular flexibility index (Phi) is 5.20. The molecule has 0 saturated heterocycles. The van der Waals surface area contributed by atoms with Crippen LogP contribution in [0.1, 0.15) is 27.9 Å². The second-order valence-electron chi connectivity index (χ2n) is 7.30. The molecule has 0 aromatic heterocycles. The van der Waals surface area contributed by atoms with E-state index in [1.54, 1.807) is 14.2 Å². The van der Waals surface area contributed by atoms with E-state index in [0.29, 0.717) is 11.5 Å². The molecule has 4 heteroatoms. The lowest BCUT2D eigenvalue weighted by molar-refractivity contribution is 0.0959. The number of methoxy groups -OCH3 is 2. The fourth-order valence-corrected chi connectivity index (χ4v) is 3.96. The Bertz CT molecular complexity index is 930. The molecule has 1 aliphatic carbocycles. The normalized spacial score (nSPS) is 19.8. The molecule has 0 N–H and O–H groups in total. The van der Waals surface area contributed by atoms with Crippen molar-refractivity contribution >= 4 is 5.78 Å². The quantitative estimate of drug-likeness (QED) is 0.776. The Morgan fingerprint density at radius 2 is 1.86 bits per heavy atom. The lowest BCUT2D eigenvalue weighted by Gasteiger charge is -2.25. The second-order valence-corrected chi connectivity index (χ2v) is 7.30. The summed E-state index contributed by atoms with van der Waals surface area (Å²) in [6.45, 7) is 1.88. The van der Waals surface area contributed by atoms with Gasteiger partial charge in [-0.15, -0.1) is 0 Å². The number of carbonyl (C=O) groups excluding carboxylic acids is 1. The third kappa shape index (κ3) is 3.68. The molecule has 144 valence electrons. The summed E-state index contributed by atoms with van der Waals surface area (Å²) in [5.74, 6) is 1.35. The first-order chi connectivity index (χ1) is 13.7. The molecule has 0 fully saturated rings. The zero-order valence-corrected chi connectivity index (χ0v) is 16.4. The predicted molar refractivity (Wildman–Crippen MR) is 110 cm³/mol. The lowest BCUT2D eigenvalue weighted by Crippen LogP contribution is -2.21. The summed E-state index contributed by atoms with van der Waals surface area (Å²) in [4.78, 5) is 15.2. The Balaban J connectivity index is 1.46. The van der Waals surface area contributed by atoms with Crippen LogP contribution in [0.25, 0.3) is 0 Å². The minimum absolute atomic E-state index is 0.105. The van der Waals surface area contributed by atoms with E-state index >= 15 is 0 Å². The van der Waals surface area contributed by atoms with Crippen LogP contribution in [0.15, 0.2) is 66.4 Å². The molecule has 1 atom stereocenters. The molecular formula is C24H25NO3. The fraction of sp³-hybridized carbons (Fsp3) is 0.292. The van der Waals surface area contributed by atoms with Crippen molar-refractivity contribution in [3.8, 4) is 11.5 Å². The van der Waals surface area contributed by atoms with Crippen LogP contribution in [0.5, 0.6) is 11.5 Å². The highest BCUT2D eigenvalue weighted by Crippen LogP contribution is 2.37. The number of rotatable bonds is 5. The van der Waals surface area contributed by atoms with Gasteiger partial charge in [-0.05, 0) is 54.0 Å². The summed E-state index contributed by atoms with van der Waals surface area (Å²) in [5.41, 5.74) is 4.33. The monoisotopic (exact) mass is 375 g/mol. The van der Waals surface area contributed by atoms with Crippen molar-refractivity contribution in [2.24, 2.45) is 5.92 Å². The van der Waals surface area contributed by atoms with Gasteiger partial charge in [-0.1, -0.05) is 36.4 Å². The molecule has 4 nitrogen and oxygen atoms in total. The van der Waals surface area contributed by atoms with Gasteiger partial charge in [-0.2, -0.15) is 0 Å². The third-order valence-corrected chi connectivity index (χ3v) is 5.48. The third-order valence-electron chi connectivity index (χ3n) is 5.48. The van der Waals surface area contributed by atoms with Crippen LogP contribution in [0, 0.1) is 5.92 Å². The van der Waals surface area contributed by atoms with Gasteiger partial charge in [0.15, 0.2) is 17.3 Å². The Morgan fingerprint density at radius 1 is 1.11 bits per heavy atom. The first kappa shape index (κ1) is 18.4. The number of nitrogens with zero attached hydrogens (tertiary/aromatic N) is 1. The van der Waals surface area contributed by atoms with Gasteiger partial charge in [0.1, 0.15) is 0 Å². The van der Waals surface area contributed by atoms with E-state index < -0.39 is 0 Å². The number of ketones is 1.